The molecule has 0 spiro atoms. The van der Waals surface area contributed by atoms with Gasteiger partial charge < -0.3 is 4.74 Å². The smallest absolute Gasteiger partial charge is 0.0690 e. The van der Waals surface area contributed by atoms with Gasteiger partial charge in [0.1, 0.15) is 0 Å². The molecular weight excluding hydrogens is 304 g/mol. The molecule has 0 fully saturated rings. The normalized spacial score (nSPS) is 22.3. The van der Waals surface area contributed by atoms with Crippen LogP contribution >= 0.6 is 0 Å². The van der Waals surface area contributed by atoms with E-state index in [1.807, 2.05) is 0 Å². The minimum atomic E-state index is -0.0483. The lowest BCUT2D eigenvalue weighted by molar-refractivity contribution is -0.202. The third kappa shape index (κ3) is 7.24. The van der Waals surface area contributed by atoms with Gasteiger partial charge in [0.05, 0.1) is 11.2 Å². The molecule has 0 radical (unpaired) electrons. The summed E-state index contributed by atoms with van der Waals surface area (Å²) >= 11 is 0. The zero-order valence-corrected chi connectivity index (χ0v) is 19.7. The molecule has 0 heterocycles. The summed E-state index contributed by atoms with van der Waals surface area (Å²) in [6.45, 7) is 28.3. The van der Waals surface area contributed by atoms with Crippen LogP contribution in [-0.2, 0) is 4.74 Å². The number of hydrogen-bond acceptors (Lipinski definition) is 1. The molecule has 0 bridgehead atoms. The van der Waals surface area contributed by atoms with E-state index in [1.54, 1.807) is 0 Å². The van der Waals surface area contributed by atoms with Crippen molar-refractivity contribution in [2.45, 2.75) is 120 Å². The van der Waals surface area contributed by atoms with Crippen LogP contribution in [0.25, 0.3) is 0 Å². The van der Waals surface area contributed by atoms with E-state index >= 15 is 0 Å². The van der Waals surface area contributed by atoms with E-state index in [2.05, 4.69) is 83.1 Å². The third-order valence-electron chi connectivity index (χ3n) is 7.51. The topological polar surface area (TPSA) is 9.23 Å². The van der Waals surface area contributed by atoms with Crippen molar-refractivity contribution in [3.8, 4) is 0 Å². The van der Waals surface area contributed by atoms with Crippen molar-refractivity contribution < 1.29 is 4.74 Å². The second kappa shape index (κ2) is 10.3. The maximum Gasteiger partial charge on any atom is 0.0690 e. The predicted octanol–water partition coefficient (Wildman–Crippen LogP) is 7.98. The van der Waals surface area contributed by atoms with E-state index in [1.165, 1.54) is 12.8 Å². The second-order valence-corrected chi connectivity index (χ2v) is 10.2. The Hall–Kier alpha value is -0.0400. The molecule has 1 heteroatoms. The Morgan fingerprint density at radius 3 is 1.08 bits per heavy atom. The molecular formula is C24H50O. The maximum atomic E-state index is 7.17. The van der Waals surface area contributed by atoms with Crippen molar-refractivity contribution in [1.29, 1.82) is 0 Å². The molecule has 0 amide bonds. The number of ether oxygens (including phenoxy) is 1. The van der Waals surface area contributed by atoms with Crippen LogP contribution in [0.5, 0.6) is 0 Å². The summed E-state index contributed by atoms with van der Waals surface area (Å²) in [5.41, 5.74) is -0.0966. The quantitative estimate of drug-likeness (QED) is 0.345. The largest absolute Gasteiger partial charge is 0.369 e. The highest BCUT2D eigenvalue weighted by Crippen LogP contribution is 2.43. The molecule has 0 saturated heterocycles. The Bertz CT molecular complexity index is 327. The molecule has 0 aliphatic carbocycles. The molecule has 6 unspecified atom stereocenters. The van der Waals surface area contributed by atoms with Gasteiger partial charge in [-0.1, -0.05) is 82.1 Å². The van der Waals surface area contributed by atoms with Gasteiger partial charge in [-0.25, -0.2) is 0 Å². The second-order valence-electron chi connectivity index (χ2n) is 10.2. The van der Waals surface area contributed by atoms with Crippen molar-refractivity contribution in [3.05, 3.63) is 0 Å². The van der Waals surface area contributed by atoms with E-state index in [0.29, 0.717) is 35.5 Å². The van der Waals surface area contributed by atoms with Crippen molar-refractivity contribution in [2.24, 2.45) is 35.5 Å². The monoisotopic (exact) mass is 354 g/mol. The van der Waals surface area contributed by atoms with Gasteiger partial charge >= 0.3 is 0 Å². The zero-order valence-electron chi connectivity index (χ0n) is 19.7. The van der Waals surface area contributed by atoms with Crippen LogP contribution in [0.2, 0.25) is 0 Å². The summed E-state index contributed by atoms with van der Waals surface area (Å²) in [5.74, 6) is 3.93. The van der Waals surface area contributed by atoms with Gasteiger partial charge in [0, 0.05) is 0 Å². The van der Waals surface area contributed by atoms with Gasteiger partial charge in [0.2, 0.25) is 0 Å². The van der Waals surface area contributed by atoms with Gasteiger partial charge in [0.15, 0.2) is 0 Å². The summed E-state index contributed by atoms with van der Waals surface area (Å²) in [5, 5.41) is 0. The SMILES string of the molecule is CCC(C)C(C)(CC(C)C(C)C)OC(C)(CC(C)C(C)C)C(C)CC. The molecule has 0 rings (SSSR count). The van der Waals surface area contributed by atoms with Crippen LogP contribution in [0, 0.1) is 35.5 Å². The molecule has 0 aromatic heterocycles. The highest BCUT2D eigenvalue weighted by molar-refractivity contribution is 4.92. The first-order valence-electron chi connectivity index (χ1n) is 11.0. The van der Waals surface area contributed by atoms with Gasteiger partial charge in [-0.15, -0.1) is 0 Å². The van der Waals surface area contributed by atoms with Crippen molar-refractivity contribution >= 4 is 0 Å². The van der Waals surface area contributed by atoms with Crippen molar-refractivity contribution in [2.75, 3.05) is 0 Å². The third-order valence-corrected chi connectivity index (χ3v) is 7.51. The van der Waals surface area contributed by atoms with Crippen LogP contribution in [0.3, 0.4) is 0 Å². The zero-order chi connectivity index (χ0) is 20.0. The van der Waals surface area contributed by atoms with E-state index < -0.39 is 0 Å². The van der Waals surface area contributed by atoms with Crippen LogP contribution in [0.15, 0.2) is 0 Å². The van der Waals surface area contributed by atoms with E-state index in [-0.39, 0.29) is 11.2 Å². The first-order valence-corrected chi connectivity index (χ1v) is 11.0. The van der Waals surface area contributed by atoms with Crippen LogP contribution < -0.4 is 0 Å². The molecule has 1 nitrogen and oxygen atoms in total. The fourth-order valence-corrected chi connectivity index (χ4v) is 3.83. The first-order chi connectivity index (χ1) is 11.3. The highest BCUT2D eigenvalue weighted by atomic mass is 16.5. The molecule has 0 aliphatic rings. The lowest BCUT2D eigenvalue weighted by Gasteiger charge is -2.49. The standard InChI is InChI=1S/C24H50O/c1-13-21(9)23(11,15-19(7)17(3)4)25-24(12,22(10)14-2)16-20(8)18(5)6/h17-22H,13-16H2,1-12H3. The average molecular weight is 355 g/mol. The molecule has 152 valence electrons. The lowest BCUT2D eigenvalue weighted by atomic mass is 9.74. The summed E-state index contributed by atoms with van der Waals surface area (Å²) in [4.78, 5) is 0. The summed E-state index contributed by atoms with van der Waals surface area (Å²) in [6.07, 6.45) is 4.67. The van der Waals surface area contributed by atoms with Crippen LogP contribution in [0.1, 0.15) is 109 Å². The van der Waals surface area contributed by atoms with Gasteiger partial charge in [0.25, 0.3) is 0 Å². The average Bonchev–Trinajstić information content (AvgIpc) is 2.52. The minimum Gasteiger partial charge on any atom is -0.369 e. The molecule has 6 atom stereocenters. The fourth-order valence-electron chi connectivity index (χ4n) is 3.83. The molecule has 0 aromatic rings. The van der Waals surface area contributed by atoms with Crippen LogP contribution in [-0.4, -0.2) is 11.2 Å². The molecule has 0 N–H and O–H groups in total. The van der Waals surface area contributed by atoms with Crippen LogP contribution in [0.4, 0.5) is 0 Å². The van der Waals surface area contributed by atoms with E-state index in [0.717, 1.165) is 12.8 Å². The molecule has 25 heavy (non-hydrogen) atoms. The van der Waals surface area contributed by atoms with E-state index in [9.17, 15) is 0 Å². The minimum absolute atomic E-state index is 0.0483. The van der Waals surface area contributed by atoms with Crippen molar-refractivity contribution in [1.82, 2.24) is 0 Å². The van der Waals surface area contributed by atoms with Gasteiger partial charge in [-0.3, -0.25) is 0 Å². The predicted molar refractivity (Wildman–Crippen MR) is 114 cm³/mol. The van der Waals surface area contributed by atoms with Crippen molar-refractivity contribution in [3.63, 3.8) is 0 Å². The Labute approximate surface area is 160 Å². The molecule has 0 aliphatic heterocycles. The highest BCUT2D eigenvalue weighted by Gasteiger charge is 2.43. The first kappa shape index (κ1) is 25.0. The number of hydrogen-bond donors (Lipinski definition) is 0. The van der Waals surface area contributed by atoms with E-state index in [4.69, 9.17) is 4.74 Å². The Kier molecular flexibility index (Phi) is 10.3. The fraction of sp³-hybridized carbons (Fsp3) is 1.00. The maximum absolute atomic E-state index is 7.17. The van der Waals surface area contributed by atoms with Gasteiger partial charge in [-0.05, 0) is 62.2 Å². The summed E-state index contributed by atoms with van der Waals surface area (Å²) in [7, 11) is 0. The molecule has 0 aromatic carbocycles. The summed E-state index contributed by atoms with van der Waals surface area (Å²) in [6, 6.07) is 0. The Balaban J connectivity index is 5.66. The lowest BCUT2D eigenvalue weighted by Crippen LogP contribution is -2.50. The Morgan fingerprint density at radius 2 is 0.880 bits per heavy atom. The Morgan fingerprint density at radius 1 is 0.600 bits per heavy atom. The number of rotatable bonds is 12. The molecule has 0 saturated carbocycles. The van der Waals surface area contributed by atoms with Gasteiger partial charge in [-0.2, -0.15) is 0 Å². The summed E-state index contributed by atoms with van der Waals surface area (Å²) < 4.78 is 7.17.